The van der Waals surface area contributed by atoms with Crippen molar-refractivity contribution in [1.29, 1.82) is 0 Å². The van der Waals surface area contributed by atoms with Gasteiger partial charge >= 0.3 is 0 Å². The molecular formula is C17H14Cl2FN5O2. The zero-order valence-corrected chi connectivity index (χ0v) is 15.6. The summed E-state index contributed by atoms with van der Waals surface area (Å²) in [7, 11) is 0. The average molecular weight is 410 g/mol. The van der Waals surface area contributed by atoms with Crippen LogP contribution in [0.5, 0.6) is 5.75 Å². The molecular weight excluding hydrogens is 396 g/mol. The zero-order chi connectivity index (χ0) is 19.4. The molecule has 1 heterocycles. The lowest BCUT2D eigenvalue weighted by molar-refractivity contribution is -0.116. The summed E-state index contributed by atoms with van der Waals surface area (Å²) in [5, 5.41) is 14.3. The molecule has 0 fully saturated rings. The lowest BCUT2D eigenvalue weighted by atomic mass is 10.2. The van der Waals surface area contributed by atoms with Crippen LogP contribution in [0.25, 0.3) is 5.69 Å². The van der Waals surface area contributed by atoms with E-state index >= 15 is 0 Å². The third-order valence-corrected chi connectivity index (χ3v) is 4.39. The Morgan fingerprint density at radius 1 is 1.30 bits per heavy atom. The van der Waals surface area contributed by atoms with Crippen LogP contribution in [0.15, 0.2) is 36.4 Å². The first kappa shape index (κ1) is 19.1. The van der Waals surface area contributed by atoms with Crippen LogP contribution in [-0.4, -0.2) is 32.7 Å². The molecule has 0 bridgehead atoms. The maximum atomic E-state index is 14.0. The predicted molar refractivity (Wildman–Crippen MR) is 99.1 cm³/mol. The zero-order valence-electron chi connectivity index (χ0n) is 14.1. The topological polar surface area (TPSA) is 81.9 Å². The van der Waals surface area contributed by atoms with Crippen molar-refractivity contribution in [1.82, 2.24) is 20.2 Å². The number of ether oxygens (including phenoxy) is 1. The van der Waals surface area contributed by atoms with Gasteiger partial charge in [0.05, 0.1) is 18.1 Å². The highest BCUT2D eigenvalue weighted by Gasteiger charge is 2.12. The molecule has 1 aromatic heterocycles. The number of nitrogens with zero attached hydrogens (tertiary/aromatic N) is 4. The second kappa shape index (κ2) is 8.32. The molecule has 3 aromatic rings. The number of aromatic nitrogens is 4. The van der Waals surface area contributed by atoms with Crippen molar-refractivity contribution in [3.05, 3.63) is 58.1 Å². The molecule has 0 atom stereocenters. The number of hydrogen-bond donors (Lipinski definition) is 1. The van der Waals surface area contributed by atoms with Crippen molar-refractivity contribution in [2.45, 2.75) is 13.3 Å². The minimum Gasteiger partial charge on any atom is -0.491 e. The van der Waals surface area contributed by atoms with Crippen molar-refractivity contribution in [3.63, 3.8) is 0 Å². The molecule has 2 aromatic carbocycles. The van der Waals surface area contributed by atoms with E-state index in [9.17, 15) is 9.18 Å². The number of carbonyl (C=O) groups excluding carboxylic acids is 1. The molecule has 0 aliphatic carbocycles. The van der Waals surface area contributed by atoms with Crippen LogP contribution in [0.4, 0.5) is 10.1 Å². The summed E-state index contributed by atoms with van der Waals surface area (Å²) >= 11 is 11.9. The van der Waals surface area contributed by atoms with Gasteiger partial charge in [0.25, 0.3) is 0 Å². The Balaban J connectivity index is 1.61. The predicted octanol–water partition coefficient (Wildman–Crippen LogP) is 3.82. The normalized spacial score (nSPS) is 10.7. The summed E-state index contributed by atoms with van der Waals surface area (Å²) in [6.45, 7) is 1.75. The van der Waals surface area contributed by atoms with Gasteiger partial charge in [-0.05, 0) is 47.7 Å². The lowest BCUT2D eigenvalue weighted by Crippen LogP contribution is -2.16. The highest BCUT2D eigenvalue weighted by Crippen LogP contribution is 2.31. The van der Waals surface area contributed by atoms with Crippen LogP contribution in [0.2, 0.25) is 10.0 Å². The fraction of sp³-hybridized carbons (Fsp3) is 0.176. The van der Waals surface area contributed by atoms with Gasteiger partial charge in [0.2, 0.25) is 5.91 Å². The van der Waals surface area contributed by atoms with Gasteiger partial charge in [-0.3, -0.25) is 4.79 Å². The van der Waals surface area contributed by atoms with E-state index in [1.165, 1.54) is 22.9 Å². The van der Waals surface area contributed by atoms with Gasteiger partial charge in [-0.25, -0.2) is 4.39 Å². The third kappa shape index (κ3) is 4.53. The number of anilines is 1. The van der Waals surface area contributed by atoms with Crippen molar-refractivity contribution in [2.24, 2.45) is 0 Å². The Morgan fingerprint density at radius 2 is 2.11 bits per heavy atom. The van der Waals surface area contributed by atoms with Gasteiger partial charge in [0, 0.05) is 5.69 Å². The molecule has 140 valence electrons. The summed E-state index contributed by atoms with van der Waals surface area (Å²) < 4.78 is 20.8. The number of tetrazole rings is 1. The van der Waals surface area contributed by atoms with E-state index in [1.54, 1.807) is 25.1 Å². The Morgan fingerprint density at radius 3 is 2.85 bits per heavy atom. The SMILES string of the molecule is Cc1nnnn1-c1cc(NC(=O)CCOc2cccc(Cl)c2Cl)ccc1F. The number of aryl methyl sites for hydroxylation is 1. The van der Waals surface area contributed by atoms with Crippen LogP contribution in [0.3, 0.4) is 0 Å². The number of halogens is 3. The highest BCUT2D eigenvalue weighted by molar-refractivity contribution is 6.42. The third-order valence-electron chi connectivity index (χ3n) is 3.59. The van der Waals surface area contributed by atoms with Crippen LogP contribution < -0.4 is 10.1 Å². The number of benzene rings is 2. The summed E-state index contributed by atoms with van der Waals surface area (Å²) in [5.41, 5.74) is 0.546. The fourth-order valence-corrected chi connectivity index (χ4v) is 2.63. The van der Waals surface area contributed by atoms with Gasteiger partial charge in [-0.1, -0.05) is 29.3 Å². The molecule has 0 radical (unpaired) electrons. The van der Waals surface area contributed by atoms with Gasteiger partial charge < -0.3 is 10.1 Å². The molecule has 0 spiro atoms. The average Bonchev–Trinajstić information content (AvgIpc) is 3.06. The van der Waals surface area contributed by atoms with Gasteiger partial charge in [-0.2, -0.15) is 4.68 Å². The first-order chi connectivity index (χ1) is 13.0. The minimum atomic E-state index is -0.512. The minimum absolute atomic E-state index is 0.0689. The number of carbonyl (C=O) groups is 1. The van der Waals surface area contributed by atoms with E-state index in [4.69, 9.17) is 27.9 Å². The molecule has 0 saturated heterocycles. The first-order valence-corrected chi connectivity index (χ1v) is 8.63. The monoisotopic (exact) mass is 409 g/mol. The molecule has 1 amide bonds. The van der Waals surface area contributed by atoms with Crippen molar-refractivity contribution < 1.29 is 13.9 Å². The quantitative estimate of drug-likeness (QED) is 0.668. The molecule has 3 rings (SSSR count). The number of amides is 1. The molecule has 7 nitrogen and oxygen atoms in total. The Labute approximate surface area is 164 Å². The largest absolute Gasteiger partial charge is 0.491 e. The molecule has 1 N–H and O–H groups in total. The lowest BCUT2D eigenvalue weighted by Gasteiger charge is -2.10. The first-order valence-electron chi connectivity index (χ1n) is 7.87. The van der Waals surface area contributed by atoms with Crippen LogP contribution in [-0.2, 0) is 4.79 Å². The number of hydrogen-bond acceptors (Lipinski definition) is 5. The summed E-state index contributed by atoms with van der Waals surface area (Å²) in [5.74, 6) is 0.000783. The smallest absolute Gasteiger partial charge is 0.227 e. The van der Waals surface area contributed by atoms with Crippen LogP contribution in [0, 0.1) is 12.7 Å². The van der Waals surface area contributed by atoms with E-state index in [0.717, 1.165) is 0 Å². The number of rotatable bonds is 6. The number of nitrogens with one attached hydrogen (secondary N) is 1. The second-order valence-electron chi connectivity index (χ2n) is 5.50. The Hall–Kier alpha value is -2.71. The molecule has 27 heavy (non-hydrogen) atoms. The van der Waals surface area contributed by atoms with E-state index in [2.05, 4.69) is 20.8 Å². The molecule has 0 aliphatic heterocycles. The van der Waals surface area contributed by atoms with E-state index < -0.39 is 5.82 Å². The molecule has 0 aliphatic rings. The summed E-state index contributed by atoms with van der Waals surface area (Å²) in [6.07, 6.45) is 0.0689. The van der Waals surface area contributed by atoms with Crippen molar-refractivity contribution >= 4 is 34.8 Å². The van der Waals surface area contributed by atoms with E-state index in [-0.39, 0.29) is 24.6 Å². The van der Waals surface area contributed by atoms with E-state index in [0.29, 0.717) is 27.3 Å². The van der Waals surface area contributed by atoms with Crippen LogP contribution >= 0.6 is 23.2 Å². The van der Waals surface area contributed by atoms with Gasteiger partial charge in [-0.15, -0.1) is 5.10 Å². The van der Waals surface area contributed by atoms with Crippen molar-refractivity contribution in [2.75, 3.05) is 11.9 Å². The van der Waals surface area contributed by atoms with Crippen LogP contribution in [0.1, 0.15) is 12.2 Å². The van der Waals surface area contributed by atoms with Crippen molar-refractivity contribution in [3.8, 4) is 11.4 Å². The van der Waals surface area contributed by atoms with Gasteiger partial charge in [0.1, 0.15) is 22.3 Å². The van der Waals surface area contributed by atoms with Gasteiger partial charge in [0.15, 0.2) is 5.82 Å². The maximum absolute atomic E-state index is 14.0. The Bertz CT molecular complexity index is 980. The molecule has 10 heteroatoms. The standard InChI is InChI=1S/C17H14Cl2FN5O2/c1-10-22-23-24-25(10)14-9-11(5-6-13(14)20)21-16(26)7-8-27-15-4-2-3-12(18)17(15)19/h2-6,9H,7-8H2,1H3,(H,21,26). The molecule has 0 unspecified atom stereocenters. The highest BCUT2D eigenvalue weighted by atomic mass is 35.5. The maximum Gasteiger partial charge on any atom is 0.227 e. The Kier molecular flexibility index (Phi) is 5.88. The summed E-state index contributed by atoms with van der Waals surface area (Å²) in [6, 6.07) is 9.13. The second-order valence-corrected chi connectivity index (χ2v) is 6.29. The molecule has 0 saturated carbocycles. The fourth-order valence-electron chi connectivity index (χ4n) is 2.28. The summed E-state index contributed by atoms with van der Waals surface area (Å²) in [4.78, 5) is 12.1. The van der Waals surface area contributed by atoms with E-state index in [1.807, 2.05) is 0 Å².